The van der Waals surface area contributed by atoms with Crippen molar-refractivity contribution in [3.63, 3.8) is 0 Å². The van der Waals surface area contributed by atoms with E-state index in [1.165, 1.54) is 4.90 Å². The van der Waals surface area contributed by atoms with E-state index in [9.17, 15) is 9.59 Å². The van der Waals surface area contributed by atoms with Crippen molar-refractivity contribution in [3.8, 4) is 0 Å². The number of amides is 2. The normalized spacial score (nSPS) is 30.1. The highest BCUT2D eigenvalue weighted by Crippen LogP contribution is 2.39. The molecule has 1 N–H and O–H groups in total. The summed E-state index contributed by atoms with van der Waals surface area (Å²) in [6, 6.07) is 0. The Balaban J connectivity index is 1.95. The lowest BCUT2D eigenvalue weighted by atomic mass is 10.00. The van der Waals surface area contributed by atoms with Gasteiger partial charge in [-0.2, -0.15) is 0 Å². The minimum absolute atomic E-state index is 0.0204. The number of hydrogen-bond acceptors (Lipinski definition) is 3. The first kappa shape index (κ1) is 10.6. The zero-order chi connectivity index (χ0) is 10.8. The molecular formula is C11H18N2O2. The van der Waals surface area contributed by atoms with Gasteiger partial charge in [0.15, 0.2) is 0 Å². The van der Waals surface area contributed by atoms with Crippen molar-refractivity contribution in [2.45, 2.75) is 25.7 Å². The molecule has 2 aliphatic rings. The van der Waals surface area contributed by atoms with Crippen LogP contribution in [0.1, 0.15) is 25.7 Å². The number of carbonyl (C=O) groups excluding carboxylic acids is 2. The maximum Gasteiger partial charge on any atom is 0.233 e. The van der Waals surface area contributed by atoms with Crippen LogP contribution in [0.4, 0.5) is 0 Å². The SMILES string of the molecule is CNCCCN1C(=O)C2CCCC2C1=O. The molecule has 4 nitrogen and oxygen atoms in total. The van der Waals surface area contributed by atoms with E-state index in [0.29, 0.717) is 6.54 Å². The fraction of sp³-hybridized carbons (Fsp3) is 0.818. The molecule has 2 fully saturated rings. The van der Waals surface area contributed by atoms with Gasteiger partial charge in [0.2, 0.25) is 11.8 Å². The van der Waals surface area contributed by atoms with E-state index >= 15 is 0 Å². The van der Waals surface area contributed by atoms with Crippen molar-refractivity contribution >= 4 is 11.8 Å². The van der Waals surface area contributed by atoms with Gasteiger partial charge in [-0.1, -0.05) is 6.42 Å². The van der Waals surface area contributed by atoms with Crippen LogP contribution < -0.4 is 5.32 Å². The molecule has 0 aromatic carbocycles. The van der Waals surface area contributed by atoms with Crippen molar-refractivity contribution in [3.05, 3.63) is 0 Å². The number of fused-ring (bicyclic) bond motifs is 1. The summed E-state index contributed by atoms with van der Waals surface area (Å²) < 4.78 is 0. The van der Waals surface area contributed by atoms with Gasteiger partial charge >= 0.3 is 0 Å². The Morgan fingerprint density at radius 1 is 1.27 bits per heavy atom. The molecule has 1 aliphatic heterocycles. The molecule has 1 aliphatic carbocycles. The lowest BCUT2D eigenvalue weighted by Gasteiger charge is -2.15. The second-order valence-electron chi connectivity index (χ2n) is 4.43. The molecule has 1 heterocycles. The van der Waals surface area contributed by atoms with Crippen molar-refractivity contribution in [2.24, 2.45) is 11.8 Å². The molecule has 4 heteroatoms. The molecule has 0 aromatic heterocycles. The maximum atomic E-state index is 11.9. The molecule has 15 heavy (non-hydrogen) atoms. The zero-order valence-corrected chi connectivity index (χ0v) is 9.16. The second kappa shape index (κ2) is 4.31. The van der Waals surface area contributed by atoms with Gasteiger partial charge < -0.3 is 5.32 Å². The van der Waals surface area contributed by atoms with Crippen molar-refractivity contribution in [1.29, 1.82) is 0 Å². The average Bonchev–Trinajstić information content (AvgIpc) is 2.77. The Hall–Kier alpha value is -0.900. The van der Waals surface area contributed by atoms with Crippen LogP contribution in [0.5, 0.6) is 0 Å². The zero-order valence-electron chi connectivity index (χ0n) is 9.16. The third kappa shape index (κ3) is 1.78. The van der Waals surface area contributed by atoms with Crippen LogP contribution in [0, 0.1) is 11.8 Å². The second-order valence-corrected chi connectivity index (χ2v) is 4.43. The first-order chi connectivity index (χ1) is 7.25. The average molecular weight is 210 g/mol. The lowest BCUT2D eigenvalue weighted by Crippen LogP contribution is -2.33. The van der Waals surface area contributed by atoms with Gasteiger partial charge in [0.05, 0.1) is 11.8 Å². The standard InChI is InChI=1S/C11H18N2O2/c1-12-6-3-7-13-10(14)8-4-2-5-9(8)11(13)15/h8-9,12H,2-7H2,1H3. The minimum Gasteiger partial charge on any atom is -0.320 e. The third-order valence-electron chi connectivity index (χ3n) is 3.49. The fourth-order valence-corrected chi connectivity index (χ4v) is 2.69. The number of rotatable bonds is 4. The molecule has 84 valence electrons. The van der Waals surface area contributed by atoms with Crippen LogP contribution in [-0.2, 0) is 9.59 Å². The molecule has 2 amide bonds. The summed E-state index contributed by atoms with van der Waals surface area (Å²) >= 11 is 0. The predicted molar refractivity (Wildman–Crippen MR) is 56.1 cm³/mol. The van der Waals surface area contributed by atoms with Gasteiger partial charge in [0.25, 0.3) is 0 Å². The Kier molecular flexibility index (Phi) is 3.05. The Morgan fingerprint density at radius 2 is 1.87 bits per heavy atom. The predicted octanol–water partition coefficient (Wildman–Crippen LogP) is 0.381. The van der Waals surface area contributed by atoms with Crippen LogP contribution in [0.25, 0.3) is 0 Å². The summed E-state index contributed by atoms with van der Waals surface area (Å²) in [6.07, 6.45) is 3.72. The summed E-state index contributed by atoms with van der Waals surface area (Å²) in [5.74, 6) is 0.205. The molecule has 0 bridgehead atoms. The van der Waals surface area contributed by atoms with E-state index in [1.807, 2.05) is 7.05 Å². The van der Waals surface area contributed by atoms with Gasteiger partial charge in [-0.05, 0) is 32.9 Å². The van der Waals surface area contributed by atoms with Crippen LogP contribution in [0.15, 0.2) is 0 Å². The summed E-state index contributed by atoms with van der Waals surface area (Å²) in [5, 5.41) is 3.02. The number of hydrogen-bond donors (Lipinski definition) is 1. The number of likely N-dealkylation sites (tertiary alicyclic amines) is 1. The first-order valence-corrected chi connectivity index (χ1v) is 5.75. The molecule has 0 radical (unpaired) electrons. The van der Waals surface area contributed by atoms with Crippen LogP contribution in [0.2, 0.25) is 0 Å². The maximum absolute atomic E-state index is 11.9. The van der Waals surface area contributed by atoms with Crippen molar-refractivity contribution < 1.29 is 9.59 Å². The largest absolute Gasteiger partial charge is 0.320 e. The van der Waals surface area contributed by atoms with E-state index in [4.69, 9.17) is 0 Å². The van der Waals surface area contributed by atoms with E-state index in [1.54, 1.807) is 0 Å². The number of carbonyl (C=O) groups is 2. The molecule has 1 saturated heterocycles. The smallest absolute Gasteiger partial charge is 0.233 e. The summed E-state index contributed by atoms with van der Waals surface area (Å²) in [7, 11) is 1.88. The number of nitrogens with one attached hydrogen (secondary N) is 1. The molecule has 0 aromatic rings. The number of nitrogens with zero attached hydrogens (tertiary/aromatic N) is 1. The quantitative estimate of drug-likeness (QED) is 0.539. The van der Waals surface area contributed by atoms with Gasteiger partial charge in [0, 0.05) is 6.54 Å². The topological polar surface area (TPSA) is 49.4 Å². The Morgan fingerprint density at radius 3 is 2.40 bits per heavy atom. The van der Waals surface area contributed by atoms with Gasteiger partial charge in [-0.15, -0.1) is 0 Å². The van der Waals surface area contributed by atoms with Gasteiger partial charge in [0.1, 0.15) is 0 Å². The third-order valence-corrected chi connectivity index (χ3v) is 3.49. The highest BCUT2D eigenvalue weighted by Gasteiger charge is 2.49. The van der Waals surface area contributed by atoms with E-state index in [2.05, 4.69) is 5.32 Å². The Labute approximate surface area is 90.0 Å². The van der Waals surface area contributed by atoms with Gasteiger partial charge in [-0.3, -0.25) is 14.5 Å². The highest BCUT2D eigenvalue weighted by molar-refractivity contribution is 6.05. The van der Waals surface area contributed by atoms with E-state index < -0.39 is 0 Å². The fourth-order valence-electron chi connectivity index (χ4n) is 2.69. The molecular weight excluding hydrogens is 192 g/mol. The van der Waals surface area contributed by atoms with E-state index in [-0.39, 0.29) is 23.7 Å². The molecule has 1 saturated carbocycles. The van der Waals surface area contributed by atoms with E-state index in [0.717, 1.165) is 32.2 Å². The monoisotopic (exact) mass is 210 g/mol. The first-order valence-electron chi connectivity index (χ1n) is 5.75. The van der Waals surface area contributed by atoms with Crippen molar-refractivity contribution in [1.82, 2.24) is 10.2 Å². The summed E-state index contributed by atoms with van der Waals surface area (Å²) in [4.78, 5) is 25.2. The molecule has 2 atom stereocenters. The minimum atomic E-state index is 0.0204. The summed E-state index contributed by atoms with van der Waals surface area (Å²) in [5.41, 5.74) is 0. The van der Waals surface area contributed by atoms with Crippen LogP contribution in [0.3, 0.4) is 0 Å². The van der Waals surface area contributed by atoms with Crippen molar-refractivity contribution in [2.75, 3.05) is 20.1 Å². The van der Waals surface area contributed by atoms with Crippen LogP contribution in [-0.4, -0.2) is 36.9 Å². The highest BCUT2D eigenvalue weighted by atomic mass is 16.2. The Bertz CT molecular complexity index is 256. The number of imide groups is 1. The summed E-state index contributed by atoms with van der Waals surface area (Å²) in [6.45, 7) is 1.44. The molecule has 2 unspecified atom stereocenters. The van der Waals surface area contributed by atoms with Crippen LogP contribution >= 0.6 is 0 Å². The lowest BCUT2D eigenvalue weighted by molar-refractivity contribution is -0.140. The molecule has 2 rings (SSSR count). The van der Waals surface area contributed by atoms with Gasteiger partial charge in [-0.25, -0.2) is 0 Å². The molecule has 0 spiro atoms.